The van der Waals surface area contributed by atoms with E-state index in [1.807, 2.05) is 26.8 Å². The van der Waals surface area contributed by atoms with Gasteiger partial charge in [-0.1, -0.05) is 48.5 Å². The molecule has 1 aliphatic heterocycles. The molecule has 2 aromatic rings. The number of rotatable bonds is 9. The van der Waals surface area contributed by atoms with Gasteiger partial charge in [0.2, 0.25) is 0 Å². The van der Waals surface area contributed by atoms with Gasteiger partial charge in [0.1, 0.15) is 18.5 Å². The van der Waals surface area contributed by atoms with Crippen LogP contribution in [0.15, 0.2) is 54.6 Å². The minimum Gasteiger partial charge on any atom is -0.490 e. The van der Waals surface area contributed by atoms with E-state index in [0.29, 0.717) is 23.4 Å². The van der Waals surface area contributed by atoms with Crippen molar-refractivity contribution < 1.29 is 39.1 Å². The van der Waals surface area contributed by atoms with Gasteiger partial charge in [-0.3, -0.25) is 0 Å². The summed E-state index contributed by atoms with van der Waals surface area (Å²) in [5.41, 5.74) is 1.09. The summed E-state index contributed by atoms with van der Waals surface area (Å²) < 4.78 is 17.6. The summed E-state index contributed by atoms with van der Waals surface area (Å²) in [6, 6.07) is 16.0. The number of aliphatic hydroxyl groups excluding tert-OH is 1. The normalized spacial score (nSPS) is 23.8. The van der Waals surface area contributed by atoms with E-state index in [2.05, 4.69) is 5.32 Å². The molecule has 1 aliphatic rings. The summed E-state index contributed by atoms with van der Waals surface area (Å²) in [4.78, 5) is 23.8. The third kappa shape index (κ3) is 7.50. The second-order valence-corrected chi connectivity index (χ2v) is 9.55. The Morgan fingerprint density at radius 1 is 0.971 bits per heavy atom. The van der Waals surface area contributed by atoms with E-state index >= 15 is 0 Å². The zero-order chi connectivity index (χ0) is 25.6. The fraction of sp³-hybridized carbons (Fsp3) is 0.462. The van der Waals surface area contributed by atoms with E-state index in [1.165, 1.54) is 0 Å². The van der Waals surface area contributed by atoms with Crippen LogP contribution in [0, 0.1) is 0 Å². The van der Waals surface area contributed by atoms with Crippen molar-refractivity contribution in [2.75, 3.05) is 13.2 Å². The Kier molecular flexibility index (Phi) is 8.85. The number of aliphatic hydroxyl groups is 1. The Balaban J connectivity index is 1.87. The maximum Gasteiger partial charge on any atom is 0.336 e. The second kappa shape index (κ2) is 11.6. The summed E-state index contributed by atoms with van der Waals surface area (Å²) in [6.45, 7) is 6.32. The first-order valence-corrected chi connectivity index (χ1v) is 11.5. The van der Waals surface area contributed by atoms with E-state index in [0.717, 1.165) is 0 Å². The second-order valence-electron chi connectivity index (χ2n) is 9.55. The molecule has 5 atom stereocenters. The monoisotopic (exact) mass is 487 g/mol. The van der Waals surface area contributed by atoms with Gasteiger partial charge in [-0.05, 0) is 32.4 Å². The van der Waals surface area contributed by atoms with Gasteiger partial charge in [-0.25, -0.2) is 9.59 Å². The van der Waals surface area contributed by atoms with Gasteiger partial charge in [-0.15, -0.1) is 0 Å². The molecule has 0 radical (unpaired) electrons. The minimum absolute atomic E-state index is 0.00549. The van der Waals surface area contributed by atoms with Gasteiger partial charge in [0, 0.05) is 24.1 Å². The van der Waals surface area contributed by atoms with Gasteiger partial charge in [0.15, 0.2) is 12.2 Å². The predicted molar refractivity (Wildman–Crippen MR) is 127 cm³/mol. The molecule has 0 aliphatic carbocycles. The average Bonchev–Trinajstić information content (AvgIpc) is 3.02. The molecule has 3 rings (SSSR count). The van der Waals surface area contributed by atoms with Crippen LogP contribution >= 0.6 is 0 Å². The van der Waals surface area contributed by atoms with Gasteiger partial charge < -0.3 is 34.8 Å². The van der Waals surface area contributed by atoms with Crippen LogP contribution in [0.25, 0.3) is 0 Å². The molecule has 9 heteroatoms. The van der Waals surface area contributed by atoms with Crippen molar-refractivity contribution >= 4 is 11.9 Å². The molecule has 0 amide bonds. The van der Waals surface area contributed by atoms with Crippen molar-refractivity contribution in [3.05, 3.63) is 65.7 Å². The lowest BCUT2D eigenvalue weighted by molar-refractivity contribution is -0.177. The lowest BCUT2D eigenvalue weighted by atomic mass is 9.98. The van der Waals surface area contributed by atoms with E-state index in [4.69, 9.17) is 14.2 Å². The van der Waals surface area contributed by atoms with Crippen molar-refractivity contribution in [3.63, 3.8) is 0 Å². The Morgan fingerprint density at radius 2 is 1.54 bits per heavy atom. The number of carboxylic acids is 2. The predicted octanol–water partition coefficient (Wildman–Crippen LogP) is 2.94. The first kappa shape index (κ1) is 26.6. The molecule has 1 saturated heterocycles. The highest BCUT2D eigenvalue weighted by atomic mass is 16.6. The molecule has 2 aromatic carbocycles. The molecule has 0 saturated carbocycles. The Labute approximate surface area is 204 Å². The van der Waals surface area contributed by atoms with Crippen molar-refractivity contribution in [2.24, 2.45) is 0 Å². The number of ether oxygens (including phenoxy) is 3. The summed E-state index contributed by atoms with van der Waals surface area (Å²) in [5, 5.41) is 33.0. The molecular formula is C26H33NO8. The highest BCUT2D eigenvalue weighted by molar-refractivity contribution is 5.83. The van der Waals surface area contributed by atoms with Gasteiger partial charge in [-0.2, -0.15) is 0 Å². The van der Waals surface area contributed by atoms with Crippen LogP contribution < -0.4 is 10.1 Å². The number of nitrogens with one attached hydrogen (secondary N) is 1. The van der Waals surface area contributed by atoms with E-state index in [1.54, 1.807) is 48.5 Å². The molecule has 190 valence electrons. The maximum absolute atomic E-state index is 12.0. The molecule has 0 bridgehead atoms. The number of carboxylic acid groups (broad SMARTS) is 2. The molecule has 1 heterocycles. The van der Waals surface area contributed by atoms with Crippen LogP contribution in [-0.2, 0) is 19.1 Å². The first-order valence-electron chi connectivity index (χ1n) is 11.5. The van der Waals surface area contributed by atoms with E-state index in [-0.39, 0.29) is 18.6 Å². The molecule has 35 heavy (non-hydrogen) atoms. The quantitative estimate of drug-likeness (QED) is 0.421. The number of hydrogen-bond acceptors (Lipinski definition) is 7. The van der Waals surface area contributed by atoms with Gasteiger partial charge in [0.25, 0.3) is 0 Å². The van der Waals surface area contributed by atoms with Crippen LogP contribution in [0.1, 0.15) is 50.5 Å². The SMILES string of the molecule is CC(C)(C)NCC(O)COc1ccccc1C1CC(c2ccccc2)O[C@@H](C(=O)O)[C@H](C(=O)O)O1. The van der Waals surface area contributed by atoms with Crippen molar-refractivity contribution in [3.8, 4) is 5.75 Å². The summed E-state index contributed by atoms with van der Waals surface area (Å²) >= 11 is 0. The van der Waals surface area contributed by atoms with E-state index < -0.39 is 42.5 Å². The van der Waals surface area contributed by atoms with Crippen LogP contribution in [0.2, 0.25) is 0 Å². The number of carbonyl (C=O) groups is 2. The minimum atomic E-state index is -1.72. The summed E-state index contributed by atoms with van der Waals surface area (Å²) in [5.74, 6) is -2.44. The number of β-amino-alcohol motifs (C(OH)–C–C–N with tert-alkyl or cyclic N) is 1. The number of hydrogen-bond donors (Lipinski definition) is 4. The lowest BCUT2D eigenvalue weighted by Gasteiger charge is -2.25. The van der Waals surface area contributed by atoms with Crippen LogP contribution in [0.3, 0.4) is 0 Å². The summed E-state index contributed by atoms with van der Waals surface area (Å²) in [6.07, 6.45) is -5.57. The van der Waals surface area contributed by atoms with E-state index in [9.17, 15) is 24.9 Å². The zero-order valence-electron chi connectivity index (χ0n) is 20.1. The van der Waals surface area contributed by atoms with Crippen molar-refractivity contribution in [1.82, 2.24) is 5.32 Å². The van der Waals surface area contributed by atoms with Crippen molar-refractivity contribution in [1.29, 1.82) is 0 Å². The van der Waals surface area contributed by atoms with Crippen LogP contribution in [0.4, 0.5) is 0 Å². The topological polar surface area (TPSA) is 135 Å². The number of para-hydroxylation sites is 1. The Morgan fingerprint density at radius 3 is 2.14 bits per heavy atom. The third-order valence-electron chi connectivity index (χ3n) is 5.55. The molecule has 0 spiro atoms. The number of aliphatic carboxylic acids is 2. The molecular weight excluding hydrogens is 454 g/mol. The maximum atomic E-state index is 12.0. The lowest BCUT2D eigenvalue weighted by Crippen LogP contribution is -2.43. The summed E-state index contributed by atoms with van der Waals surface area (Å²) in [7, 11) is 0. The standard InChI is InChI=1S/C26H33NO8/c1-26(2,3)27-14-17(28)15-33-19-12-8-7-11-18(19)21-13-20(16-9-5-4-6-10-16)34-22(24(29)30)23(35-21)25(31)32/h4-12,17,20-23,27-28H,13-15H2,1-3H3,(H,29,30)(H,31,32)/t17?,20?,21?,22-,23-/m1/s1. The highest BCUT2D eigenvalue weighted by Gasteiger charge is 2.44. The first-order chi connectivity index (χ1) is 16.5. The molecule has 3 unspecified atom stereocenters. The highest BCUT2D eigenvalue weighted by Crippen LogP contribution is 2.40. The number of benzene rings is 2. The molecule has 4 N–H and O–H groups in total. The van der Waals surface area contributed by atoms with Gasteiger partial charge in [0.05, 0.1) is 12.2 Å². The van der Waals surface area contributed by atoms with Gasteiger partial charge >= 0.3 is 11.9 Å². The van der Waals surface area contributed by atoms with Crippen LogP contribution in [-0.4, -0.2) is 64.3 Å². The average molecular weight is 488 g/mol. The fourth-order valence-electron chi connectivity index (χ4n) is 3.81. The zero-order valence-corrected chi connectivity index (χ0v) is 20.1. The molecule has 1 fully saturated rings. The fourth-order valence-corrected chi connectivity index (χ4v) is 3.81. The smallest absolute Gasteiger partial charge is 0.336 e. The Hall–Kier alpha value is -2.98. The third-order valence-corrected chi connectivity index (χ3v) is 5.55. The molecule has 0 aromatic heterocycles. The van der Waals surface area contributed by atoms with Crippen LogP contribution in [0.5, 0.6) is 5.75 Å². The largest absolute Gasteiger partial charge is 0.490 e. The Bertz CT molecular complexity index is 990. The molecule has 9 nitrogen and oxygen atoms in total. The van der Waals surface area contributed by atoms with Crippen molar-refractivity contribution in [2.45, 2.75) is 63.3 Å².